The molecule has 1 aliphatic heterocycles. The normalized spacial score (nSPS) is 29.9. The fourth-order valence-electron chi connectivity index (χ4n) is 4.55. The van der Waals surface area contributed by atoms with Gasteiger partial charge >= 0.3 is 0 Å². The minimum Gasteiger partial charge on any atom is -0.349 e. The van der Waals surface area contributed by atoms with Crippen LogP contribution in [0.25, 0.3) is 0 Å². The number of hydrogen-bond acceptors (Lipinski definition) is 3. The van der Waals surface area contributed by atoms with Crippen molar-refractivity contribution >= 4 is 15.9 Å². The van der Waals surface area contributed by atoms with Gasteiger partial charge in [0.25, 0.3) is 5.91 Å². The molecule has 3 aliphatic rings. The van der Waals surface area contributed by atoms with E-state index >= 15 is 0 Å². The Hall–Kier alpha value is -1.40. The zero-order chi connectivity index (χ0) is 16.7. The lowest BCUT2D eigenvalue weighted by molar-refractivity contribution is 0.0922. The first-order valence-electron chi connectivity index (χ1n) is 8.95. The maximum atomic E-state index is 12.7. The summed E-state index contributed by atoms with van der Waals surface area (Å²) in [4.78, 5) is 12.8. The van der Waals surface area contributed by atoms with Gasteiger partial charge in [0, 0.05) is 24.7 Å². The molecule has 0 spiro atoms. The average Bonchev–Trinajstić information content (AvgIpc) is 3.32. The molecular weight excluding hydrogens is 324 g/mol. The van der Waals surface area contributed by atoms with Crippen LogP contribution in [0.15, 0.2) is 29.2 Å². The molecule has 24 heavy (non-hydrogen) atoms. The molecule has 1 aromatic carbocycles. The van der Waals surface area contributed by atoms with Crippen LogP contribution in [0.2, 0.25) is 0 Å². The smallest absolute Gasteiger partial charge is 0.251 e. The summed E-state index contributed by atoms with van der Waals surface area (Å²) in [6.45, 7) is 1.15. The van der Waals surface area contributed by atoms with Gasteiger partial charge in [-0.1, -0.05) is 12.5 Å². The highest BCUT2D eigenvalue weighted by Gasteiger charge is 2.40. The van der Waals surface area contributed by atoms with Gasteiger partial charge in [0.15, 0.2) is 0 Å². The van der Waals surface area contributed by atoms with Crippen LogP contribution in [0.1, 0.15) is 48.9 Å². The second kappa shape index (κ2) is 6.15. The molecule has 1 saturated heterocycles. The van der Waals surface area contributed by atoms with E-state index in [1.54, 1.807) is 18.2 Å². The Morgan fingerprint density at radius 1 is 1.12 bits per heavy atom. The number of sulfonamides is 1. The third-order valence-electron chi connectivity index (χ3n) is 5.85. The number of fused-ring (bicyclic) bond motifs is 2. The quantitative estimate of drug-likeness (QED) is 0.908. The van der Waals surface area contributed by atoms with Gasteiger partial charge in [0.1, 0.15) is 0 Å². The molecule has 0 unspecified atom stereocenters. The zero-order valence-corrected chi connectivity index (χ0v) is 14.6. The molecule has 2 saturated carbocycles. The summed E-state index contributed by atoms with van der Waals surface area (Å²) in [7, 11) is -3.48. The molecule has 0 aromatic heterocycles. The molecular formula is C18H24N2O3S. The van der Waals surface area contributed by atoms with Crippen molar-refractivity contribution in [2.45, 2.75) is 49.5 Å². The largest absolute Gasteiger partial charge is 0.349 e. The van der Waals surface area contributed by atoms with E-state index in [9.17, 15) is 13.2 Å². The highest BCUT2D eigenvalue weighted by molar-refractivity contribution is 7.89. The van der Waals surface area contributed by atoms with Gasteiger partial charge in [-0.25, -0.2) is 8.42 Å². The standard InChI is InChI=1S/C18H24N2O3S/c21-18(19-17-11-13-6-7-14(17)10-13)15-4-3-5-16(12-15)24(22,23)20-8-1-2-9-20/h3-5,12-14,17H,1-2,6-11H2,(H,19,21)/t13-,14+,17-/m0/s1. The summed E-state index contributed by atoms with van der Waals surface area (Å²) in [6, 6.07) is 6.73. The van der Waals surface area contributed by atoms with Gasteiger partial charge in [-0.15, -0.1) is 0 Å². The lowest BCUT2D eigenvalue weighted by Gasteiger charge is -2.23. The molecule has 130 valence electrons. The fourth-order valence-corrected chi connectivity index (χ4v) is 6.11. The van der Waals surface area contributed by atoms with Crippen LogP contribution < -0.4 is 5.32 Å². The summed E-state index contributed by atoms with van der Waals surface area (Å²) in [6.07, 6.45) is 6.61. The van der Waals surface area contributed by atoms with Crippen molar-refractivity contribution in [3.05, 3.63) is 29.8 Å². The molecule has 1 amide bonds. The van der Waals surface area contributed by atoms with Crippen molar-refractivity contribution in [1.82, 2.24) is 9.62 Å². The predicted octanol–water partition coefficient (Wildman–Crippen LogP) is 2.39. The van der Waals surface area contributed by atoms with Crippen LogP contribution in [0, 0.1) is 11.8 Å². The van der Waals surface area contributed by atoms with E-state index in [0.29, 0.717) is 24.6 Å². The van der Waals surface area contributed by atoms with Crippen LogP contribution >= 0.6 is 0 Å². The highest BCUT2D eigenvalue weighted by atomic mass is 32.2. The lowest BCUT2D eigenvalue weighted by atomic mass is 9.95. The molecule has 1 heterocycles. The topological polar surface area (TPSA) is 66.5 Å². The third kappa shape index (κ3) is 2.86. The van der Waals surface area contributed by atoms with Crippen LogP contribution in [0.3, 0.4) is 0 Å². The van der Waals surface area contributed by atoms with Crippen molar-refractivity contribution in [2.24, 2.45) is 11.8 Å². The molecule has 1 aromatic rings. The van der Waals surface area contributed by atoms with Crippen molar-refractivity contribution in [3.63, 3.8) is 0 Å². The van der Waals surface area contributed by atoms with E-state index in [1.165, 1.54) is 29.6 Å². The Morgan fingerprint density at radius 3 is 2.58 bits per heavy atom. The Kier molecular flexibility index (Phi) is 4.12. The summed E-state index contributed by atoms with van der Waals surface area (Å²) >= 11 is 0. The van der Waals surface area contributed by atoms with Crippen LogP contribution in [-0.2, 0) is 10.0 Å². The first-order chi connectivity index (χ1) is 11.5. The van der Waals surface area contributed by atoms with Crippen molar-refractivity contribution < 1.29 is 13.2 Å². The van der Waals surface area contributed by atoms with Gasteiger partial charge in [-0.05, 0) is 62.1 Å². The number of benzene rings is 1. The summed E-state index contributed by atoms with van der Waals surface area (Å²) < 4.78 is 26.8. The number of nitrogens with one attached hydrogen (secondary N) is 1. The number of carbonyl (C=O) groups is 1. The average molecular weight is 348 g/mol. The molecule has 3 fully saturated rings. The molecule has 0 radical (unpaired) electrons. The zero-order valence-electron chi connectivity index (χ0n) is 13.8. The Bertz CT molecular complexity index is 740. The summed E-state index contributed by atoms with van der Waals surface area (Å²) in [5.74, 6) is 1.23. The van der Waals surface area contributed by atoms with Crippen LogP contribution in [0.5, 0.6) is 0 Å². The number of hydrogen-bond donors (Lipinski definition) is 1. The second-order valence-corrected chi connectivity index (χ2v) is 9.33. The molecule has 6 heteroatoms. The third-order valence-corrected chi connectivity index (χ3v) is 7.75. The Balaban J connectivity index is 1.51. The summed E-state index contributed by atoms with van der Waals surface area (Å²) in [5, 5.41) is 3.13. The van der Waals surface area contributed by atoms with Gasteiger partial charge in [0.2, 0.25) is 10.0 Å². The number of carbonyl (C=O) groups excluding carboxylic acids is 1. The number of amides is 1. The predicted molar refractivity (Wildman–Crippen MR) is 91.1 cm³/mol. The maximum Gasteiger partial charge on any atom is 0.251 e. The number of nitrogens with zero attached hydrogens (tertiary/aromatic N) is 1. The van der Waals surface area contributed by atoms with Gasteiger partial charge in [0.05, 0.1) is 4.90 Å². The lowest BCUT2D eigenvalue weighted by Crippen LogP contribution is -2.38. The maximum absolute atomic E-state index is 12.7. The Labute approximate surface area is 143 Å². The molecule has 1 N–H and O–H groups in total. The van der Waals surface area contributed by atoms with E-state index in [2.05, 4.69) is 5.32 Å². The molecule has 3 atom stereocenters. The minimum atomic E-state index is -3.48. The fraction of sp³-hybridized carbons (Fsp3) is 0.611. The van der Waals surface area contributed by atoms with Gasteiger partial charge in [-0.2, -0.15) is 4.31 Å². The van der Waals surface area contributed by atoms with Gasteiger partial charge in [-0.3, -0.25) is 4.79 Å². The minimum absolute atomic E-state index is 0.147. The first kappa shape index (κ1) is 16.1. The SMILES string of the molecule is O=C(N[C@H]1C[C@H]2CC[C@@H]1C2)c1cccc(S(=O)(=O)N2CCCC2)c1. The number of rotatable bonds is 4. The monoisotopic (exact) mass is 348 g/mol. The van der Waals surface area contributed by atoms with Crippen LogP contribution in [-0.4, -0.2) is 37.8 Å². The molecule has 5 nitrogen and oxygen atoms in total. The molecule has 4 rings (SSSR count). The first-order valence-corrected chi connectivity index (χ1v) is 10.4. The van der Waals surface area contributed by atoms with Crippen molar-refractivity contribution in [3.8, 4) is 0 Å². The van der Waals surface area contributed by atoms with Gasteiger partial charge < -0.3 is 5.32 Å². The van der Waals surface area contributed by atoms with E-state index in [-0.39, 0.29) is 16.8 Å². The van der Waals surface area contributed by atoms with Crippen molar-refractivity contribution in [2.75, 3.05) is 13.1 Å². The van der Waals surface area contributed by atoms with E-state index in [0.717, 1.165) is 25.2 Å². The van der Waals surface area contributed by atoms with E-state index in [4.69, 9.17) is 0 Å². The van der Waals surface area contributed by atoms with Crippen molar-refractivity contribution in [1.29, 1.82) is 0 Å². The Morgan fingerprint density at radius 2 is 1.92 bits per heavy atom. The molecule has 2 aliphatic carbocycles. The second-order valence-electron chi connectivity index (χ2n) is 7.39. The van der Waals surface area contributed by atoms with E-state index in [1.807, 2.05) is 0 Å². The molecule has 2 bridgehead atoms. The summed E-state index contributed by atoms with van der Waals surface area (Å²) in [5.41, 5.74) is 0.443. The highest BCUT2D eigenvalue weighted by Crippen LogP contribution is 2.44. The van der Waals surface area contributed by atoms with Crippen LogP contribution in [0.4, 0.5) is 0 Å². The van der Waals surface area contributed by atoms with E-state index < -0.39 is 10.0 Å².